The van der Waals surface area contributed by atoms with Gasteiger partial charge in [-0.3, -0.25) is 14.8 Å². The van der Waals surface area contributed by atoms with E-state index in [0.717, 1.165) is 22.3 Å². The van der Waals surface area contributed by atoms with E-state index in [9.17, 15) is 4.79 Å². The highest BCUT2D eigenvalue weighted by atomic mass is 16.5. The average molecular weight is 278 g/mol. The van der Waals surface area contributed by atoms with Crippen LogP contribution in [0.2, 0.25) is 0 Å². The van der Waals surface area contributed by atoms with Gasteiger partial charge in [0, 0.05) is 23.5 Å². The van der Waals surface area contributed by atoms with E-state index < -0.39 is 0 Å². The first-order valence-electron chi connectivity index (χ1n) is 6.59. The fraction of sp³-hybridized carbons (Fsp3) is 0.118. The number of nitrogens with zero attached hydrogens (tertiary/aromatic N) is 2. The summed E-state index contributed by atoms with van der Waals surface area (Å²) in [6.45, 7) is 1.90. The van der Waals surface area contributed by atoms with Crippen molar-refractivity contribution < 1.29 is 9.53 Å². The normalized spacial score (nSPS) is 10.6. The molecule has 0 atom stereocenters. The van der Waals surface area contributed by atoms with Crippen LogP contribution in [0, 0.1) is 6.92 Å². The zero-order chi connectivity index (χ0) is 14.8. The van der Waals surface area contributed by atoms with Gasteiger partial charge < -0.3 is 4.74 Å². The number of hydrogen-bond acceptors (Lipinski definition) is 4. The molecule has 0 aliphatic heterocycles. The van der Waals surface area contributed by atoms with Gasteiger partial charge in [0.2, 0.25) is 0 Å². The van der Waals surface area contributed by atoms with Crippen molar-refractivity contribution >= 4 is 16.8 Å². The lowest BCUT2D eigenvalue weighted by Gasteiger charge is -2.08. The van der Waals surface area contributed by atoms with Gasteiger partial charge >= 0.3 is 0 Å². The van der Waals surface area contributed by atoms with Crippen molar-refractivity contribution in [2.45, 2.75) is 6.92 Å². The summed E-state index contributed by atoms with van der Waals surface area (Å²) in [6.07, 6.45) is 3.26. The maximum Gasteiger partial charge on any atom is 0.193 e. The monoisotopic (exact) mass is 278 g/mol. The second-order valence-electron chi connectivity index (χ2n) is 4.77. The molecule has 0 radical (unpaired) electrons. The summed E-state index contributed by atoms with van der Waals surface area (Å²) in [5.41, 5.74) is 3.66. The number of hydrogen-bond donors (Lipinski definition) is 0. The molecule has 0 unspecified atom stereocenters. The number of ether oxygens (including phenoxy) is 1. The zero-order valence-electron chi connectivity index (χ0n) is 11.8. The van der Waals surface area contributed by atoms with Gasteiger partial charge in [0.1, 0.15) is 5.75 Å². The van der Waals surface area contributed by atoms with Crippen LogP contribution in [0.25, 0.3) is 11.0 Å². The second-order valence-corrected chi connectivity index (χ2v) is 4.77. The van der Waals surface area contributed by atoms with Crippen molar-refractivity contribution in [3.63, 3.8) is 0 Å². The zero-order valence-corrected chi connectivity index (χ0v) is 11.8. The third-order valence-electron chi connectivity index (χ3n) is 3.41. The smallest absolute Gasteiger partial charge is 0.193 e. The van der Waals surface area contributed by atoms with Gasteiger partial charge in [0.05, 0.1) is 18.1 Å². The molecule has 0 aliphatic carbocycles. The van der Waals surface area contributed by atoms with Crippen molar-refractivity contribution in [2.24, 2.45) is 0 Å². The molecule has 4 heteroatoms. The minimum absolute atomic E-state index is 0.0253. The van der Waals surface area contributed by atoms with Crippen LogP contribution in [0.3, 0.4) is 0 Å². The number of aryl methyl sites for hydroxylation is 1. The van der Waals surface area contributed by atoms with Crippen LogP contribution in [0.15, 0.2) is 48.8 Å². The SMILES string of the molecule is COc1ccc(C(=O)c2ccc3nccnc3c2)c(C)c1. The van der Waals surface area contributed by atoms with E-state index in [1.54, 1.807) is 43.8 Å². The Balaban J connectivity index is 2.03. The summed E-state index contributed by atoms with van der Waals surface area (Å²) in [5, 5.41) is 0. The van der Waals surface area contributed by atoms with Crippen molar-refractivity contribution in [3.05, 3.63) is 65.5 Å². The number of rotatable bonds is 3. The lowest BCUT2D eigenvalue weighted by molar-refractivity contribution is 0.103. The van der Waals surface area contributed by atoms with Gasteiger partial charge in [0.25, 0.3) is 0 Å². The fourth-order valence-electron chi connectivity index (χ4n) is 2.28. The first-order valence-corrected chi connectivity index (χ1v) is 6.59. The van der Waals surface area contributed by atoms with Gasteiger partial charge in [-0.15, -0.1) is 0 Å². The van der Waals surface area contributed by atoms with E-state index in [2.05, 4.69) is 9.97 Å². The molecule has 0 saturated carbocycles. The van der Waals surface area contributed by atoms with E-state index >= 15 is 0 Å². The summed E-state index contributed by atoms with van der Waals surface area (Å²) in [4.78, 5) is 21.1. The van der Waals surface area contributed by atoms with Crippen molar-refractivity contribution in [1.29, 1.82) is 0 Å². The molecule has 1 heterocycles. The van der Waals surface area contributed by atoms with Crippen LogP contribution >= 0.6 is 0 Å². The first kappa shape index (κ1) is 13.2. The predicted molar refractivity (Wildman–Crippen MR) is 80.7 cm³/mol. The molecular formula is C17H14N2O2. The Morgan fingerprint density at radius 2 is 1.76 bits per heavy atom. The molecule has 0 N–H and O–H groups in total. The van der Waals surface area contributed by atoms with Gasteiger partial charge in [-0.25, -0.2) is 0 Å². The van der Waals surface area contributed by atoms with Crippen molar-refractivity contribution in [2.75, 3.05) is 7.11 Å². The van der Waals surface area contributed by atoms with Gasteiger partial charge in [-0.1, -0.05) is 0 Å². The third-order valence-corrected chi connectivity index (χ3v) is 3.41. The standard InChI is InChI=1S/C17H14N2O2/c1-11-9-13(21-2)4-5-14(11)17(20)12-3-6-15-16(10-12)19-8-7-18-15/h3-10H,1-2H3. The highest BCUT2D eigenvalue weighted by Gasteiger charge is 2.13. The molecule has 104 valence electrons. The predicted octanol–water partition coefficient (Wildman–Crippen LogP) is 3.18. The molecule has 3 rings (SSSR count). The molecule has 2 aromatic carbocycles. The van der Waals surface area contributed by atoms with Crippen LogP contribution in [0.5, 0.6) is 5.75 Å². The molecule has 0 aliphatic rings. The van der Waals surface area contributed by atoms with Crippen LogP contribution < -0.4 is 4.74 Å². The summed E-state index contributed by atoms with van der Waals surface area (Å²) in [5.74, 6) is 0.719. The van der Waals surface area contributed by atoms with E-state index in [1.807, 2.05) is 19.1 Å². The third kappa shape index (κ3) is 2.48. The lowest BCUT2D eigenvalue weighted by Crippen LogP contribution is -2.04. The van der Waals surface area contributed by atoms with E-state index in [1.165, 1.54) is 0 Å². The fourth-order valence-corrected chi connectivity index (χ4v) is 2.28. The Bertz CT molecular complexity index is 828. The molecular weight excluding hydrogens is 264 g/mol. The maximum atomic E-state index is 12.6. The number of benzene rings is 2. The van der Waals surface area contributed by atoms with E-state index in [0.29, 0.717) is 11.1 Å². The highest BCUT2D eigenvalue weighted by Crippen LogP contribution is 2.21. The van der Waals surface area contributed by atoms with Crippen LogP contribution in [0.4, 0.5) is 0 Å². The Labute approximate surface area is 122 Å². The molecule has 21 heavy (non-hydrogen) atoms. The number of carbonyl (C=O) groups is 1. The van der Waals surface area contributed by atoms with Crippen LogP contribution in [0.1, 0.15) is 21.5 Å². The number of methoxy groups -OCH3 is 1. The van der Waals surface area contributed by atoms with Crippen molar-refractivity contribution in [3.8, 4) is 5.75 Å². The average Bonchev–Trinajstić information content (AvgIpc) is 2.53. The summed E-state index contributed by atoms with van der Waals surface area (Å²) in [6, 6.07) is 10.8. The Morgan fingerprint density at radius 1 is 1.00 bits per heavy atom. The summed E-state index contributed by atoms with van der Waals surface area (Å²) >= 11 is 0. The summed E-state index contributed by atoms with van der Waals surface area (Å²) < 4.78 is 5.16. The topological polar surface area (TPSA) is 52.1 Å². The summed E-state index contributed by atoms with van der Waals surface area (Å²) in [7, 11) is 1.61. The molecule has 0 spiro atoms. The number of ketones is 1. The molecule has 1 aromatic heterocycles. The minimum Gasteiger partial charge on any atom is -0.497 e. The van der Waals surface area contributed by atoms with Gasteiger partial charge in [-0.05, 0) is 48.9 Å². The second kappa shape index (κ2) is 5.32. The van der Waals surface area contributed by atoms with Crippen LogP contribution in [-0.2, 0) is 0 Å². The number of carbonyl (C=O) groups excluding carboxylic acids is 1. The molecule has 4 nitrogen and oxygen atoms in total. The van der Waals surface area contributed by atoms with E-state index in [4.69, 9.17) is 4.74 Å². The Kier molecular flexibility index (Phi) is 3.36. The minimum atomic E-state index is -0.0253. The van der Waals surface area contributed by atoms with E-state index in [-0.39, 0.29) is 5.78 Å². The molecule has 0 fully saturated rings. The van der Waals surface area contributed by atoms with Gasteiger partial charge in [-0.2, -0.15) is 0 Å². The van der Waals surface area contributed by atoms with Crippen LogP contribution in [-0.4, -0.2) is 22.9 Å². The first-order chi connectivity index (χ1) is 10.2. The molecule has 0 saturated heterocycles. The molecule has 3 aromatic rings. The maximum absolute atomic E-state index is 12.6. The van der Waals surface area contributed by atoms with Crippen molar-refractivity contribution in [1.82, 2.24) is 9.97 Å². The lowest BCUT2D eigenvalue weighted by atomic mass is 9.98. The Morgan fingerprint density at radius 3 is 2.48 bits per heavy atom. The molecule has 0 bridgehead atoms. The largest absolute Gasteiger partial charge is 0.497 e. The number of fused-ring (bicyclic) bond motifs is 1. The molecule has 0 amide bonds. The highest BCUT2D eigenvalue weighted by molar-refractivity contribution is 6.11. The number of aromatic nitrogens is 2. The van der Waals surface area contributed by atoms with Gasteiger partial charge in [0.15, 0.2) is 5.78 Å². The Hall–Kier alpha value is -2.75. The quantitative estimate of drug-likeness (QED) is 0.690.